The van der Waals surface area contributed by atoms with Gasteiger partial charge in [0.1, 0.15) is 0 Å². The van der Waals surface area contributed by atoms with Crippen LogP contribution in [0.5, 0.6) is 0 Å². The van der Waals surface area contributed by atoms with Crippen LogP contribution in [0.4, 0.5) is 5.69 Å². The molecule has 0 aliphatic carbocycles. The smallest absolute Gasteiger partial charge is 0.255 e. The molecule has 2 aromatic carbocycles. The number of para-hydroxylation sites is 1. The lowest BCUT2D eigenvalue weighted by Crippen LogP contribution is -2.32. The van der Waals surface area contributed by atoms with Gasteiger partial charge in [-0.2, -0.15) is 0 Å². The van der Waals surface area contributed by atoms with E-state index in [-0.39, 0.29) is 5.91 Å². The highest BCUT2D eigenvalue weighted by Crippen LogP contribution is 2.33. The van der Waals surface area contributed by atoms with Gasteiger partial charge in [0.2, 0.25) is 0 Å². The van der Waals surface area contributed by atoms with Gasteiger partial charge < -0.3 is 15.5 Å². The molecule has 0 aliphatic heterocycles. The van der Waals surface area contributed by atoms with Crippen LogP contribution in [0, 0.1) is 0 Å². The maximum Gasteiger partial charge on any atom is 0.255 e. The van der Waals surface area contributed by atoms with Gasteiger partial charge in [0, 0.05) is 31.1 Å². The summed E-state index contributed by atoms with van der Waals surface area (Å²) in [6, 6.07) is 17.7. The Balaban J connectivity index is 2.15. The van der Waals surface area contributed by atoms with Crippen molar-refractivity contribution >= 4 is 22.5 Å². The molecule has 3 aromatic rings. The van der Waals surface area contributed by atoms with E-state index < -0.39 is 0 Å². The third-order valence-corrected chi connectivity index (χ3v) is 4.26. The Hall–Kier alpha value is -2.92. The van der Waals surface area contributed by atoms with Gasteiger partial charge in [-0.15, -0.1) is 0 Å². The monoisotopic (exact) mass is 348 g/mol. The van der Waals surface area contributed by atoms with Gasteiger partial charge in [0.05, 0.1) is 22.5 Å². The standard InChI is InChI=1S/C21H24N4O/c1-22-20-16-11-7-8-12-17(16)24-19(15-9-5-4-6-10-15)18(20)21(26)23-13-14-25(2)3/h4-12H,13-14H2,1-3H3,(H,22,24)(H,23,26). The highest BCUT2D eigenvalue weighted by Gasteiger charge is 2.21. The minimum atomic E-state index is -0.117. The number of likely N-dealkylation sites (N-methyl/N-ethyl adjacent to an activating group) is 1. The van der Waals surface area contributed by atoms with E-state index in [9.17, 15) is 4.79 Å². The van der Waals surface area contributed by atoms with Crippen LogP contribution >= 0.6 is 0 Å². The highest BCUT2D eigenvalue weighted by molar-refractivity contribution is 6.11. The van der Waals surface area contributed by atoms with E-state index in [4.69, 9.17) is 4.98 Å². The third-order valence-electron chi connectivity index (χ3n) is 4.26. The summed E-state index contributed by atoms with van der Waals surface area (Å²) in [5, 5.41) is 7.17. The first-order chi connectivity index (χ1) is 12.6. The lowest BCUT2D eigenvalue weighted by atomic mass is 10.00. The van der Waals surface area contributed by atoms with Crippen molar-refractivity contribution in [2.45, 2.75) is 0 Å². The van der Waals surface area contributed by atoms with E-state index in [0.29, 0.717) is 17.8 Å². The Labute approximate surface area is 154 Å². The number of rotatable bonds is 6. The lowest BCUT2D eigenvalue weighted by molar-refractivity contribution is 0.0952. The van der Waals surface area contributed by atoms with Crippen molar-refractivity contribution in [1.82, 2.24) is 15.2 Å². The van der Waals surface area contributed by atoms with E-state index in [1.54, 1.807) is 0 Å². The molecule has 0 atom stereocenters. The van der Waals surface area contributed by atoms with Crippen LogP contribution in [0.15, 0.2) is 54.6 Å². The van der Waals surface area contributed by atoms with E-state index in [2.05, 4.69) is 10.6 Å². The highest BCUT2D eigenvalue weighted by atomic mass is 16.1. The zero-order chi connectivity index (χ0) is 18.5. The molecule has 3 rings (SSSR count). The number of nitrogens with zero attached hydrogens (tertiary/aromatic N) is 2. The number of hydrogen-bond donors (Lipinski definition) is 2. The average molecular weight is 348 g/mol. The molecule has 0 spiro atoms. The zero-order valence-electron chi connectivity index (χ0n) is 15.4. The second-order valence-electron chi connectivity index (χ2n) is 6.40. The van der Waals surface area contributed by atoms with Crippen molar-refractivity contribution in [3.05, 3.63) is 60.2 Å². The Morgan fingerprint density at radius 1 is 1.04 bits per heavy atom. The van der Waals surface area contributed by atoms with Crippen molar-refractivity contribution in [2.24, 2.45) is 0 Å². The molecule has 1 heterocycles. The van der Waals surface area contributed by atoms with Crippen LogP contribution in [-0.2, 0) is 0 Å². The summed E-state index contributed by atoms with van der Waals surface area (Å²) in [6.45, 7) is 1.36. The predicted molar refractivity (Wildman–Crippen MR) is 108 cm³/mol. The minimum absolute atomic E-state index is 0.117. The van der Waals surface area contributed by atoms with Crippen molar-refractivity contribution in [3.8, 4) is 11.3 Å². The molecule has 0 saturated heterocycles. The van der Waals surface area contributed by atoms with Gasteiger partial charge in [0.25, 0.3) is 5.91 Å². The number of anilines is 1. The van der Waals surface area contributed by atoms with E-state index >= 15 is 0 Å². The first-order valence-corrected chi connectivity index (χ1v) is 8.70. The summed E-state index contributed by atoms with van der Waals surface area (Å²) < 4.78 is 0. The van der Waals surface area contributed by atoms with Crippen LogP contribution in [0.1, 0.15) is 10.4 Å². The normalized spacial score (nSPS) is 10.9. The van der Waals surface area contributed by atoms with Gasteiger partial charge in [-0.25, -0.2) is 4.98 Å². The van der Waals surface area contributed by atoms with E-state index in [1.165, 1.54) is 0 Å². The summed E-state index contributed by atoms with van der Waals surface area (Å²) in [5.41, 5.74) is 3.86. The van der Waals surface area contributed by atoms with Crippen molar-refractivity contribution < 1.29 is 4.79 Å². The largest absolute Gasteiger partial charge is 0.387 e. The SMILES string of the molecule is CNc1c(C(=O)NCCN(C)C)c(-c2ccccc2)nc2ccccc12. The first-order valence-electron chi connectivity index (χ1n) is 8.70. The summed E-state index contributed by atoms with van der Waals surface area (Å²) in [6.07, 6.45) is 0. The van der Waals surface area contributed by atoms with Crippen LogP contribution < -0.4 is 10.6 Å². The molecule has 0 aliphatic rings. The van der Waals surface area contributed by atoms with Gasteiger partial charge in [-0.3, -0.25) is 4.79 Å². The van der Waals surface area contributed by atoms with Gasteiger partial charge in [-0.1, -0.05) is 48.5 Å². The number of nitrogens with one attached hydrogen (secondary N) is 2. The Bertz CT molecular complexity index is 907. The Kier molecular flexibility index (Phi) is 5.49. The molecule has 0 unspecified atom stereocenters. The number of fused-ring (bicyclic) bond motifs is 1. The summed E-state index contributed by atoms with van der Waals surface area (Å²) in [5.74, 6) is -0.117. The minimum Gasteiger partial charge on any atom is -0.387 e. The van der Waals surface area contributed by atoms with Crippen molar-refractivity contribution in [1.29, 1.82) is 0 Å². The molecule has 1 amide bonds. The van der Waals surface area contributed by atoms with Gasteiger partial charge in [-0.05, 0) is 20.2 Å². The van der Waals surface area contributed by atoms with Crippen LogP contribution in [0.2, 0.25) is 0 Å². The molecule has 5 nitrogen and oxygen atoms in total. The fourth-order valence-electron chi connectivity index (χ4n) is 2.98. The molecule has 0 bridgehead atoms. The number of amides is 1. The van der Waals surface area contributed by atoms with E-state index in [0.717, 1.165) is 28.7 Å². The van der Waals surface area contributed by atoms with Crippen LogP contribution in [0.25, 0.3) is 22.2 Å². The topological polar surface area (TPSA) is 57.3 Å². The number of hydrogen-bond acceptors (Lipinski definition) is 4. The summed E-state index contributed by atoms with van der Waals surface area (Å²) in [7, 11) is 5.81. The molecule has 0 radical (unpaired) electrons. The summed E-state index contributed by atoms with van der Waals surface area (Å²) >= 11 is 0. The molecule has 0 fully saturated rings. The predicted octanol–water partition coefficient (Wildman–Crippen LogP) is 3.23. The third kappa shape index (κ3) is 3.68. The number of aromatic nitrogens is 1. The maximum absolute atomic E-state index is 13.0. The fourth-order valence-corrected chi connectivity index (χ4v) is 2.98. The molecule has 2 N–H and O–H groups in total. The van der Waals surface area contributed by atoms with Gasteiger partial charge in [0.15, 0.2) is 0 Å². The zero-order valence-corrected chi connectivity index (χ0v) is 15.4. The van der Waals surface area contributed by atoms with Gasteiger partial charge >= 0.3 is 0 Å². The maximum atomic E-state index is 13.0. The Morgan fingerprint density at radius 3 is 2.42 bits per heavy atom. The van der Waals surface area contributed by atoms with Crippen LogP contribution in [-0.4, -0.2) is 50.0 Å². The molecular weight excluding hydrogens is 324 g/mol. The molecular formula is C21H24N4O. The number of carbonyl (C=O) groups is 1. The lowest BCUT2D eigenvalue weighted by Gasteiger charge is -2.17. The van der Waals surface area contributed by atoms with Crippen molar-refractivity contribution in [3.63, 3.8) is 0 Å². The second-order valence-corrected chi connectivity index (χ2v) is 6.40. The second kappa shape index (κ2) is 7.97. The first kappa shape index (κ1) is 17.9. The molecule has 0 saturated carbocycles. The number of benzene rings is 2. The number of carbonyl (C=O) groups excluding carboxylic acids is 1. The molecule has 1 aromatic heterocycles. The van der Waals surface area contributed by atoms with Crippen molar-refractivity contribution in [2.75, 3.05) is 39.5 Å². The quantitative estimate of drug-likeness (QED) is 0.718. The summed E-state index contributed by atoms with van der Waals surface area (Å²) in [4.78, 5) is 19.9. The van der Waals surface area contributed by atoms with E-state index in [1.807, 2.05) is 80.6 Å². The fraction of sp³-hybridized carbons (Fsp3) is 0.238. The number of pyridine rings is 1. The molecule has 26 heavy (non-hydrogen) atoms. The Morgan fingerprint density at radius 2 is 1.73 bits per heavy atom. The van der Waals surface area contributed by atoms with Crippen LogP contribution in [0.3, 0.4) is 0 Å². The average Bonchev–Trinajstić information content (AvgIpc) is 2.66. The molecule has 134 valence electrons. The molecule has 5 heteroatoms.